The van der Waals surface area contributed by atoms with Crippen LogP contribution >= 0.6 is 11.8 Å². The molecule has 3 nitrogen and oxygen atoms in total. The van der Waals surface area contributed by atoms with Gasteiger partial charge in [-0.3, -0.25) is 4.68 Å². The Morgan fingerprint density at radius 1 is 1.24 bits per heavy atom. The normalized spacial score (nSPS) is 11.6. The van der Waals surface area contributed by atoms with Crippen LogP contribution in [0.2, 0.25) is 0 Å². The molecule has 0 bridgehead atoms. The summed E-state index contributed by atoms with van der Waals surface area (Å²) in [5.74, 6) is 0. The van der Waals surface area contributed by atoms with E-state index in [1.165, 1.54) is 6.07 Å². The van der Waals surface area contributed by atoms with Crippen LogP contribution in [0.4, 0.5) is 18.9 Å². The van der Waals surface area contributed by atoms with Crippen LogP contribution in [0.25, 0.3) is 0 Å². The van der Waals surface area contributed by atoms with Crippen molar-refractivity contribution in [2.24, 2.45) is 0 Å². The Balaban J connectivity index is 2.08. The Hall–Kier alpha value is -1.63. The molecule has 0 amide bonds. The van der Waals surface area contributed by atoms with Gasteiger partial charge in [-0.25, -0.2) is 0 Å². The first-order chi connectivity index (χ1) is 9.99. The highest BCUT2D eigenvalue weighted by molar-refractivity contribution is 8.00. The van der Waals surface area contributed by atoms with Gasteiger partial charge in [-0.05, 0) is 36.4 Å². The fraction of sp³-hybridized carbons (Fsp3) is 0.357. The van der Waals surface area contributed by atoms with E-state index in [-0.39, 0.29) is 16.7 Å². The summed E-state index contributed by atoms with van der Waals surface area (Å²) in [6.07, 6.45) is 2.65. The Morgan fingerprint density at radius 3 is 2.71 bits per heavy atom. The molecule has 21 heavy (non-hydrogen) atoms. The number of anilines is 1. The second-order valence-corrected chi connectivity index (χ2v) is 5.55. The lowest BCUT2D eigenvalue weighted by atomic mass is 10.3. The van der Waals surface area contributed by atoms with Crippen LogP contribution in [-0.4, -0.2) is 15.3 Å². The molecular formula is C14H16F3N3S. The fourth-order valence-corrected chi connectivity index (χ4v) is 2.58. The van der Waals surface area contributed by atoms with Gasteiger partial charge in [-0.15, -0.1) is 0 Å². The Labute approximate surface area is 125 Å². The molecule has 1 aromatic carbocycles. The van der Waals surface area contributed by atoms with E-state index in [0.29, 0.717) is 12.2 Å². The number of hydrogen-bond donors (Lipinski definition) is 1. The van der Waals surface area contributed by atoms with E-state index in [9.17, 15) is 13.2 Å². The maximum atomic E-state index is 12.5. The molecule has 0 saturated carbocycles. The maximum Gasteiger partial charge on any atom is 0.446 e. The molecule has 2 rings (SSSR count). The zero-order valence-corrected chi connectivity index (χ0v) is 12.3. The average molecular weight is 315 g/mol. The van der Waals surface area contributed by atoms with Gasteiger partial charge in [0, 0.05) is 23.3 Å². The zero-order valence-electron chi connectivity index (χ0n) is 11.5. The van der Waals surface area contributed by atoms with Gasteiger partial charge < -0.3 is 5.32 Å². The lowest BCUT2D eigenvalue weighted by Crippen LogP contribution is -2.09. The van der Waals surface area contributed by atoms with Gasteiger partial charge in [0.05, 0.1) is 12.2 Å². The van der Waals surface area contributed by atoms with E-state index in [0.717, 1.165) is 18.7 Å². The van der Waals surface area contributed by atoms with Gasteiger partial charge in [0.25, 0.3) is 0 Å². The number of nitrogens with one attached hydrogen (secondary N) is 1. The number of aryl methyl sites for hydroxylation is 1. The van der Waals surface area contributed by atoms with Gasteiger partial charge in [0.1, 0.15) is 0 Å². The highest BCUT2D eigenvalue weighted by Crippen LogP contribution is 2.40. The third-order valence-corrected chi connectivity index (χ3v) is 3.62. The molecule has 0 spiro atoms. The van der Waals surface area contributed by atoms with Crippen LogP contribution in [-0.2, 0) is 13.1 Å². The first kappa shape index (κ1) is 15.8. The third kappa shape index (κ3) is 4.70. The number of aromatic nitrogens is 2. The van der Waals surface area contributed by atoms with Gasteiger partial charge >= 0.3 is 5.51 Å². The number of para-hydroxylation sites is 1. The van der Waals surface area contributed by atoms with Crippen molar-refractivity contribution in [3.63, 3.8) is 0 Å². The summed E-state index contributed by atoms with van der Waals surface area (Å²) in [4.78, 5) is 0.173. The van der Waals surface area contributed by atoms with Crippen LogP contribution in [0.3, 0.4) is 0 Å². The number of alkyl halides is 3. The number of benzene rings is 1. The monoisotopic (exact) mass is 315 g/mol. The fourth-order valence-electron chi connectivity index (χ4n) is 1.94. The summed E-state index contributed by atoms with van der Waals surface area (Å²) in [5, 5.41) is 7.25. The Bertz CT molecular complexity index is 581. The second-order valence-electron chi connectivity index (χ2n) is 4.44. The topological polar surface area (TPSA) is 29.9 Å². The zero-order chi connectivity index (χ0) is 15.3. The van der Waals surface area contributed by atoms with Crippen LogP contribution in [0.1, 0.15) is 19.0 Å². The molecule has 0 fully saturated rings. The van der Waals surface area contributed by atoms with Crippen LogP contribution in [0.5, 0.6) is 0 Å². The predicted octanol–water partition coefficient (Wildman–Crippen LogP) is 4.52. The van der Waals surface area contributed by atoms with Gasteiger partial charge in [0.15, 0.2) is 0 Å². The van der Waals surface area contributed by atoms with Crippen LogP contribution < -0.4 is 5.32 Å². The largest absolute Gasteiger partial charge is 0.446 e. The van der Waals surface area contributed by atoms with Crippen molar-refractivity contribution in [1.82, 2.24) is 9.78 Å². The van der Waals surface area contributed by atoms with Gasteiger partial charge in [-0.1, -0.05) is 19.1 Å². The first-order valence-corrected chi connectivity index (χ1v) is 7.40. The minimum absolute atomic E-state index is 0.106. The molecule has 1 aromatic heterocycles. The van der Waals surface area contributed by atoms with Crippen molar-refractivity contribution in [3.05, 3.63) is 42.2 Å². The van der Waals surface area contributed by atoms with Crippen LogP contribution in [0, 0.1) is 0 Å². The molecule has 0 aliphatic carbocycles. The molecule has 1 N–H and O–H groups in total. The van der Waals surface area contributed by atoms with Gasteiger partial charge in [-0.2, -0.15) is 18.3 Å². The third-order valence-electron chi connectivity index (χ3n) is 2.81. The molecule has 0 unspecified atom stereocenters. The highest BCUT2D eigenvalue weighted by Gasteiger charge is 2.30. The lowest BCUT2D eigenvalue weighted by molar-refractivity contribution is -0.0327. The summed E-state index contributed by atoms with van der Waals surface area (Å²) in [7, 11) is 0. The Morgan fingerprint density at radius 2 is 2.00 bits per heavy atom. The molecule has 114 valence electrons. The average Bonchev–Trinajstić information content (AvgIpc) is 2.84. The van der Waals surface area contributed by atoms with E-state index >= 15 is 0 Å². The number of rotatable bonds is 6. The smallest absolute Gasteiger partial charge is 0.378 e. The molecule has 1 heterocycles. The SMILES string of the molecule is CCCn1nccc1CNc1ccccc1SC(F)(F)F. The molecule has 2 aromatic rings. The highest BCUT2D eigenvalue weighted by atomic mass is 32.2. The molecule has 7 heteroatoms. The molecular weight excluding hydrogens is 299 g/mol. The summed E-state index contributed by atoms with van der Waals surface area (Å²) in [6.45, 7) is 3.28. The van der Waals surface area contributed by atoms with E-state index in [1.54, 1.807) is 24.4 Å². The van der Waals surface area contributed by atoms with Crippen molar-refractivity contribution >= 4 is 17.4 Å². The lowest BCUT2D eigenvalue weighted by Gasteiger charge is -2.13. The molecule has 0 saturated heterocycles. The number of hydrogen-bond acceptors (Lipinski definition) is 3. The first-order valence-electron chi connectivity index (χ1n) is 6.59. The van der Waals surface area contributed by atoms with Gasteiger partial charge in [0.2, 0.25) is 0 Å². The van der Waals surface area contributed by atoms with E-state index < -0.39 is 5.51 Å². The summed E-state index contributed by atoms with van der Waals surface area (Å²) in [6, 6.07) is 8.29. The molecule has 0 radical (unpaired) electrons. The molecule has 0 atom stereocenters. The minimum Gasteiger partial charge on any atom is -0.378 e. The van der Waals surface area contributed by atoms with Crippen LogP contribution in [0.15, 0.2) is 41.4 Å². The number of halogens is 3. The Kier molecular flexibility index (Phi) is 5.17. The summed E-state index contributed by atoms with van der Waals surface area (Å²) < 4.78 is 39.4. The van der Waals surface area contributed by atoms with Crippen molar-refractivity contribution in [2.75, 3.05) is 5.32 Å². The maximum absolute atomic E-state index is 12.5. The van der Waals surface area contributed by atoms with E-state index in [1.807, 2.05) is 17.7 Å². The molecule has 0 aliphatic heterocycles. The van der Waals surface area contributed by atoms with Crippen molar-refractivity contribution in [3.8, 4) is 0 Å². The number of nitrogens with zero attached hydrogens (tertiary/aromatic N) is 2. The van der Waals surface area contributed by atoms with E-state index in [2.05, 4.69) is 10.4 Å². The second kappa shape index (κ2) is 6.89. The summed E-state index contributed by atoms with van der Waals surface area (Å²) in [5.41, 5.74) is -2.87. The number of thioether (sulfide) groups is 1. The standard InChI is InChI=1S/C14H16F3N3S/c1-2-9-20-11(7-8-19-20)10-18-12-5-3-4-6-13(12)21-14(15,16)17/h3-8,18H,2,9-10H2,1H3. The molecule has 0 aliphatic rings. The minimum atomic E-state index is -4.29. The van der Waals surface area contributed by atoms with Crippen molar-refractivity contribution in [1.29, 1.82) is 0 Å². The quantitative estimate of drug-likeness (QED) is 0.795. The van der Waals surface area contributed by atoms with E-state index in [4.69, 9.17) is 0 Å². The predicted molar refractivity (Wildman–Crippen MR) is 78.2 cm³/mol. The van der Waals surface area contributed by atoms with Crippen molar-refractivity contribution < 1.29 is 13.2 Å². The summed E-state index contributed by atoms with van der Waals surface area (Å²) >= 11 is -0.106. The van der Waals surface area contributed by atoms with Crippen molar-refractivity contribution in [2.45, 2.75) is 36.8 Å².